The second-order valence-corrected chi connectivity index (χ2v) is 2.95. The first-order valence-electron chi connectivity index (χ1n) is 3.93. The highest BCUT2D eigenvalue weighted by atomic mass is 32.1. The zero-order valence-corrected chi connectivity index (χ0v) is 7.86. The van der Waals surface area contributed by atoms with Gasteiger partial charge in [0.05, 0.1) is 6.61 Å². The fourth-order valence-corrected chi connectivity index (χ4v) is 0.950. The second-order valence-electron chi connectivity index (χ2n) is 2.50. The fourth-order valence-electron chi connectivity index (χ4n) is 0.821. The van der Waals surface area contributed by atoms with Crippen LogP contribution in [0.1, 0.15) is 6.42 Å². The first-order chi connectivity index (χ1) is 6.24. The van der Waals surface area contributed by atoms with Crippen LogP contribution >= 0.6 is 12.6 Å². The highest BCUT2D eigenvalue weighted by Gasteiger charge is 2.02. The Labute approximate surface area is 81.1 Å². The SMILES string of the molecule is Fc1ccc(OCCCS)cc1F. The average Bonchev–Trinajstić information content (AvgIpc) is 2.12. The molecule has 0 aliphatic rings. The third kappa shape index (κ3) is 3.22. The van der Waals surface area contributed by atoms with Gasteiger partial charge in [-0.3, -0.25) is 0 Å². The van der Waals surface area contributed by atoms with Crippen LogP contribution in [-0.2, 0) is 0 Å². The molecule has 1 nitrogen and oxygen atoms in total. The van der Waals surface area contributed by atoms with Crippen LogP contribution in [0.15, 0.2) is 18.2 Å². The molecule has 0 aromatic heterocycles. The molecule has 0 aliphatic heterocycles. The van der Waals surface area contributed by atoms with Crippen LogP contribution in [0.4, 0.5) is 8.78 Å². The van der Waals surface area contributed by atoms with Crippen molar-refractivity contribution in [3.63, 3.8) is 0 Å². The summed E-state index contributed by atoms with van der Waals surface area (Å²) >= 11 is 3.99. The normalized spacial score (nSPS) is 10.1. The van der Waals surface area contributed by atoms with Gasteiger partial charge in [0.2, 0.25) is 0 Å². The summed E-state index contributed by atoms with van der Waals surface area (Å²) in [6, 6.07) is 3.48. The Balaban J connectivity index is 2.53. The second kappa shape index (κ2) is 5.07. The molecule has 0 saturated carbocycles. The van der Waals surface area contributed by atoms with E-state index < -0.39 is 11.6 Å². The van der Waals surface area contributed by atoms with Gasteiger partial charge in [-0.1, -0.05) is 0 Å². The molecule has 1 aromatic carbocycles. The lowest BCUT2D eigenvalue weighted by Gasteiger charge is -2.04. The predicted octanol–water partition coefficient (Wildman–Crippen LogP) is 2.66. The van der Waals surface area contributed by atoms with Gasteiger partial charge in [-0.2, -0.15) is 12.6 Å². The van der Waals surface area contributed by atoms with E-state index in [1.165, 1.54) is 6.07 Å². The molecule has 1 rings (SSSR count). The number of halogens is 2. The molecule has 13 heavy (non-hydrogen) atoms. The number of rotatable bonds is 4. The molecule has 0 amide bonds. The predicted molar refractivity (Wildman–Crippen MR) is 50.3 cm³/mol. The van der Waals surface area contributed by atoms with E-state index in [-0.39, 0.29) is 0 Å². The summed E-state index contributed by atoms with van der Waals surface area (Å²) in [7, 11) is 0. The molecule has 0 saturated heterocycles. The van der Waals surface area contributed by atoms with Crippen LogP contribution in [0, 0.1) is 11.6 Å². The lowest BCUT2D eigenvalue weighted by atomic mass is 10.3. The van der Waals surface area contributed by atoms with Gasteiger partial charge in [-0.15, -0.1) is 0 Å². The lowest BCUT2D eigenvalue weighted by molar-refractivity contribution is 0.315. The van der Waals surface area contributed by atoms with Gasteiger partial charge in [0.25, 0.3) is 0 Å². The first kappa shape index (κ1) is 10.3. The summed E-state index contributed by atoms with van der Waals surface area (Å²) in [6.07, 6.45) is 0.780. The van der Waals surface area contributed by atoms with E-state index in [9.17, 15) is 8.78 Å². The molecular weight excluding hydrogens is 194 g/mol. The van der Waals surface area contributed by atoms with Crippen LogP contribution in [0.25, 0.3) is 0 Å². The van der Waals surface area contributed by atoms with Gasteiger partial charge < -0.3 is 4.74 Å². The molecule has 0 radical (unpaired) electrons. The minimum Gasteiger partial charge on any atom is -0.493 e. The highest BCUT2D eigenvalue weighted by molar-refractivity contribution is 7.80. The van der Waals surface area contributed by atoms with Crippen molar-refractivity contribution in [2.24, 2.45) is 0 Å². The van der Waals surface area contributed by atoms with Crippen LogP contribution in [0.2, 0.25) is 0 Å². The Kier molecular flexibility index (Phi) is 4.02. The maximum absolute atomic E-state index is 12.6. The Morgan fingerprint density at radius 2 is 2.00 bits per heavy atom. The van der Waals surface area contributed by atoms with E-state index in [1.807, 2.05) is 0 Å². The van der Waals surface area contributed by atoms with E-state index in [2.05, 4.69) is 12.6 Å². The van der Waals surface area contributed by atoms with E-state index in [0.717, 1.165) is 18.6 Å². The third-order valence-corrected chi connectivity index (χ3v) is 1.78. The number of ether oxygens (including phenoxy) is 1. The molecule has 0 unspecified atom stereocenters. The fraction of sp³-hybridized carbons (Fsp3) is 0.333. The molecule has 0 N–H and O–H groups in total. The van der Waals surface area contributed by atoms with Crippen molar-refractivity contribution in [2.45, 2.75) is 6.42 Å². The van der Waals surface area contributed by atoms with Crippen LogP contribution in [0.3, 0.4) is 0 Å². The molecular formula is C9H10F2OS. The highest BCUT2D eigenvalue weighted by Crippen LogP contribution is 2.15. The summed E-state index contributed by atoms with van der Waals surface area (Å²) in [6.45, 7) is 0.467. The molecule has 0 spiro atoms. The van der Waals surface area contributed by atoms with Gasteiger partial charge in [0, 0.05) is 6.07 Å². The van der Waals surface area contributed by atoms with Gasteiger partial charge in [-0.25, -0.2) is 8.78 Å². The Morgan fingerprint density at radius 1 is 1.23 bits per heavy atom. The molecule has 1 aromatic rings. The monoisotopic (exact) mass is 204 g/mol. The van der Waals surface area contributed by atoms with Crippen molar-refractivity contribution in [3.05, 3.63) is 29.8 Å². The quantitative estimate of drug-likeness (QED) is 0.586. The Morgan fingerprint density at radius 3 is 2.62 bits per heavy atom. The molecule has 0 atom stereocenters. The minimum atomic E-state index is -0.886. The van der Waals surface area contributed by atoms with Gasteiger partial charge >= 0.3 is 0 Å². The van der Waals surface area contributed by atoms with Crippen molar-refractivity contribution in [2.75, 3.05) is 12.4 Å². The Bertz CT molecular complexity index is 278. The average molecular weight is 204 g/mol. The number of benzene rings is 1. The zero-order valence-electron chi connectivity index (χ0n) is 6.96. The van der Waals surface area contributed by atoms with Crippen LogP contribution < -0.4 is 4.74 Å². The van der Waals surface area contributed by atoms with Crippen LogP contribution in [-0.4, -0.2) is 12.4 Å². The smallest absolute Gasteiger partial charge is 0.162 e. The standard InChI is InChI=1S/C9H10F2OS/c10-8-3-2-7(6-9(8)11)12-4-1-5-13/h2-3,6,13H,1,4-5H2. The van der Waals surface area contributed by atoms with Crippen molar-refractivity contribution in [1.82, 2.24) is 0 Å². The van der Waals surface area contributed by atoms with E-state index in [1.54, 1.807) is 0 Å². The number of hydrogen-bond acceptors (Lipinski definition) is 2. The van der Waals surface area contributed by atoms with Gasteiger partial charge in [0.1, 0.15) is 5.75 Å². The van der Waals surface area contributed by atoms with E-state index in [4.69, 9.17) is 4.74 Å². The summed E-state index contributed by atoms with van der Waals surface area (Å²) in [5.41, 5.74) is 0. The van der Waals surface area contributed by atoms with Crippen molar-refractivity contribution in [1.29, 1.82) is 0 Å². The largest absolute Gasteiger partial charge is 0.493 e. The molecule has 0 fully saturated rings. The molecule has 0 heterocycles. The summed E-state index contributed by atoms with van der Waals surface area (Å²) in [5.74, 6) is -0.686. The van der Waals surface area contributed by atoms with Gasteiger partial charge in [0.15, 0.2) is 11.6 Å². The maximum atomic E-state index is 12.6. The summed E-state index contributed by atoms with van der Waals surface area (Å²) in [5, 5.41) is 0. The zero-order chi connectivity index (χ0) is 9.68. The summed E-state index contributed by atoms with van der Waals surface area (Å²) < 4.78 is 30.2. The number of hydrogen-bond donors (Lipinski definition) is 1. The van der Waals surface area contributed by atoms with Crippen molar-refractivity contribution >= 4 is 12.6 Å². The van der Waals surface area contributed by atoms with Crippen molar-refractivity contribution < 1.29 is 13.5 Å². The minimum absolute atomic E-state index is 0.348. The van der Waals surface area contributed by atoms with Gasteiger partial charge in [-0.05, 0) is 24.3 Å². The third-order valence-electron chi connectivity index (χ3n) is 1.46. The molecule has 4 heteroatoms. The molecule has 72 valence electrons. The first-order valence-corrected chi connectivity index (χ1v) is 4.56. The van der Waals surface area contributed by atoms with Crippen molar-refractivity contribution in [3.8, 4) is 5.75 Å². The molecule has 0 aliphatic carbocycles. The lowest BCUT2D eigenvalue weighted by Crippen LogP contribution is -1.98. The Hall–Kier alpha value is -0.770. The van der Waals surface area contributed by atoms with E-state index in [0.29, 0.717) is 18.1 Å². The van der Waals surface area contributed by atoms with E-state index >= 15 is 0 Å². The van der Waals surface area contributed by atoms with Crippen LogP contribution in [0.5, 0.6) is 5.75 Å². The number of thiol groups is 1. The topological polar surface area (TPSA) is 9.23 Å². The molecule has 0 bridgehead atoms. The summed E-state index contributed by atoms with van der Waals surface area (Å²) in [4.78, 5) is 0. The maximum Gasteiger partial charge on any atom is 0.162 e.